The maximum Gasteiger partial charge on any atom is 0.262 e. The Morgan fingerprint density at radius 3 is 2.72 bits per heavy atom. The molecule has 162 valence electrons. The predicted octanol–water partition coefficient (Wildman–Crippen LogP) is 4.20. The topological polar surface area (TPSA) is 94.7 Å². The molecule has 0 aliphatic rings. The van der Waals surface area contributed by atoms with E-state index in [1.165, 1.54) is 21.9 Å². The van der Waals surface area contributed by atoms with E-state index in [0.29, 0.717) is 37.5 Å². The largest absolute Gasteiger partial charge is 0.323 e. The summed E-state index contributed by atoms with van der Waals surface area (Å²) >= 11 is 13.3. The molecule has 11 heteroatoms. The molecule has 2 aromatic carbocycles. The second-order valence-electron chi connectivity index (χ2n) is 6.60. The number of carbonyl (C=O) groups is 1. The van der Waals surface area contributed by atoms with Crippen LogP contribution >= 0.6 is 35.0 Å². The number of nitrogens with zero attached hydrogens (tertiary/aromatic N) is 5. The molecule has 1 N–H and O–H groups in total. The van der Waals surface area contributed by atoms with Crippen LogP contribution in [0, 0.1) is 0 Å². The van der Waals surface area contributed by atoms with Gasteiger partial charge in [-0.3, -0.25) is 14.2 Å². The van der Waals surface area contributed by atoms with Crippen molar-refractivity contribution in [3.63, 3.8) is 0 Å². The van der Waals surface area contributed by atoms with Crippen LogP contribution in [0.25, 0.3) is 16.6 Å². The maximum atomic E-state index is 12.9. The summed E-state index contributed by atoms with van der Waals surface area (Å²) in [5.41, 5.74) is 1.34. The molecule has 2 heterocycles. The maximum absolute atomic E-state index is 12.9. The molecule has 0 radical (unpaired) electrons. The quantitative estimate of drug-likeness (QED) is 0.239. The van der Waals surface area contributed by atoms with Crippen molar-refractivity contribution in [3.8, 4) is 5.69 Å². The van der Waals surface area contributed by atoms with Gasteiger partial charge in [-0.2, -0.15) is 5.10 Å². The molecule has 0 saturated carbocycles. The average molecular weight is 487 g/mol. The van der Waals surface area contributed by atoms with E-state index in [1.807, 2.05) is 0 Å². The van der Waals surface area contributed by atoms with Gasteiger partial charge in [-0.1, -0.05) is 41.0 Å². The summed E-state index contributed by atoms with van der Waals surface area (Å²) < 4.78 is 3.00. The second kappa shape index (κ2) is 9.56. The highest BCUT2D eigenvalue weighted by Gasteiger charge is 2.15. The minimum Gasteiger partial charge on any atom is -0.323 e. The molecule has 2 aromatic heterocycles. The van der Waals surface area contributed by atoms with Gasteiger partial charge in [0.2, 0.25) is 5.91 Å². The van der Waals surface area contributed by atoms with Crippen molar-refractivity contribution in [1.29, 1.82) is 0 Å². The molecule has 8 nitrogen and oxygen atoms in total. The molecule has 0 spiro atoms. The van der Waals surface area contributed by atoms with Gasteiger partial charge in [0.1, 0.15) is 12.7 Å². The number of nitrogens with one attached hydrogen (secondary N) is 1. The summed E-state index contributed by atoms with van der Waals surface area (Å²) in [6.45, 7) is 3.97. The summed E-state index contributed by atoms with van der Waals surface area (Å²) in [5.74, 6) is -0.289. The number of benzene rings is 2. The van der Waals surface area contributed by atoms with Gasteiger partial charge in [-0.05, 0) is 36.4 Å². The number of rotatable bonds is 7. The molecule has 0 unspecified atom stereocenters. The summed E-state index contributed by atoms with van der Waals surface area (Å²) in [4.78, 5) is 34.1. The van der Waals surface area contributed by atoms with Crippen molar-refractivity contribution >= 4 is 57.5 Å². The Morgan fingerprint density at radius 1 is 1.19 bits per heavy atom. The number of amides is 1. The third kappa shape index (κ3) is 4.69. The standard InChI is InChI=1S/C21H16Cl2N6O2S/c1-2-7-28-20(31)15-5-3-13(22)8-16(15)27-21(28)32-10-19(30)26-17-9-14(23)4-6-18(17)29-12-24-11-25-29/h2-6,8-9,11-12H,1,7,10H2,(H,26,30). The summed E-state index contributed by atoms with van der Waals surface area (Å²) in [7, 11) is 0. The van der Waals surface area contributed by atoms with Crippen molar-refractivity contribution in [2.75, 3.05) is 11.1 Å². The SMILES string of the molecule is C=CCn1c(SCC(=O)Nc2cc(Cl)ccc2-n2cncn2)nc2cc(Cl)ccc2c1=O. The van der Waals surface area contributed by atoms with E-state index in [9.17, 15) is 9.59 Å². The van der Waals surface area contributed by atoms with Gasteiger partial charge < -0.3 is 5.32 Å². The minimum absolute atomic E-state index is 0.0129. The fraction of sp³-hybridized carbons (Fsp3) is 0.0952. The highest BCUT2D eigenvalue weighted by atomic mass is 35.5. The van der Waals surface area contributed by atoms with Crippen molar-refractivity contribution in [2.24, 2.45) is 0 Å². The number of anilines is 1. The summed E-state index contributed by atoms with van der Waals surface area (Å²) in [6.07, 6.45) is 4.52. The lowest BCUT2D eigenvalue weighted by Gasteiger charge is -2.13. The molecule has 0 bridgehead atoms. The van der Waals surface area contributed by atoms with Crippen LogP contribution in [0.4, 0.5) is 5.69 Å². The van der Waals surface area contributed by atoms with Crippen LogP contribution in [0.5, 0.6) is 0 Å². The fourth-order valence-electron chi connectivity index (χ4n) is 3.03. The van der Waals surface area contributed by atoms with Crippen LogP contribution in [0.15, 0.2) is 71.7 Å². The lowest BCUT2D eigenvalue weighted by molar-refractivity contribution is -0.113. The first-order chi connectivity index (χ1) is 15.5. The monoisotopic (exact) mass is 486 g/mol. The summed E-state index contributed by atoms with van der Waals surface area (Å²) in [5, 5.41) is 8.70. The van der Waals surface area contributed by atoms with Crippen molar-refractivity contribution in [1.82, 2.24) is 24.3 Å². The van der Waals surface area contributed by atoms with Gasteiger partial charge in [0.05, 0.1) is 28.0 Å². The zero-order valence-corrected chi connectivity index (χ0v) is 18.9. The van der Waals surface area contributed by atoms with E-state index < -0.39 is 0 Å². The Morgan fingerprint density at radius 2 is 1.97 bits per heavy atom. The molecule has 4 aromatic rings. The number of thioether (sulfide) groups is 1. The zero-order chi connectivity index (χ0) is 22.7. The van der Waals surface area contributed by atoms with Crippen molar-refractivity contribution in [3.05, 3.63) is 82.1 Å². The molecular formula is C21H16Cl2N6O2S. The van der Waals surface area contributed by atoms with E-state index in [-0.39, 0.29) is 23.8 Å². The molecule has 0 atom stereocenters. The van der Waals surface area contributed by atoms with Crippen molar-refractivity contribution in [2.45, 2.75) is 11.7 Å². The van der Waals surface area contributed by atoms with Crippen LogP contribution in [0.1, 0.15) is 0 Å². The van der Waals surface area contributed by atoms with Crippen LogP contribution < -0.4 is 10.9 Å². The predicted molar refractivity (Wildman–Crippen MR) is 127 cm³/mol. The van der Waals surface area contributed by atoms with Gasteiger partial charge in [0.25, 0.3) is 5.56 Å². The molecule has 0 fully saturated rings. The normalized spacial score (nSPS) is 10.9. The number of allylic oxidation sites excluding steroid dienone is 1. The van der Waals surface area contributed by atoms with E-state index in [2.05, 4.69) is 27.0 Å². The number of fused-ring (bicyclic) bond motifs is 1. The number of halogens is 2. The Balaban J connectivity index is 1.59. The van der Waals surface area contributed by atoms with E-state index >= 15 is 0 Å². The number of hydrogen-bond donors (Lipinski definition) is 1. The van der Waals surface area contributed by atoms with Gasteiger partial charge in [0.15, 0.2) is 5.16 Å². The minimum atomic E-state index is -0.302. The van der Waals surface area contributed by atoms with Crippen LogP contribution in [0.2, 0.25) is 10.0 Å². The first-order valence-corrected chi connectivity index (χ1v) is 11.1. The van der Waals surface area contributed by atoms with Gasteiger partial charge >= 0.3 is 0 Å². The zero-order valence-electron chi connectivity index (χ0n) is 16.5. The smallest absolute Gasteiger partial charge is 0.262 e. The third-order valence-corrected chi connectivity index (χ3v) is 5.87. The molecule has 4 rings (SSSR count). The molecule has 32 heavy (non-hydrogen) atoms. The third-order valence-electron chi connectivity index (χ3n) is 4.42. The molecule has 0 aliphatic carbocycles. The second-order valence-corrected chi connectivity index (χ2v) is 8.41. The van der Waals surface area contributed by atoms with Gasteiger partial charge in [0, 0.05) is 16.6 Å². The Labute approximate surface area is 196 Å². The van der Waals surface area contributed by atoms with Crippen LogP contribution in [0.3, 0.4) is 0 Å². The Bertz CT molecular complexity index is 1370. The van der Waals surface area contributed by atoms with Gasteiger partial charge in [-0.25, -0.2) is 14.6 Å². The molecule has 1 amide bonds. The molecule has 0 saturated heterocycles. The van der Waals surface area contributed by atoms with Crippen LogP contribution in [-0.4, -0.2) is 36.0 Å². The van der Waals surface area contributed by atoms with Crippen molar-refractivity contribution < 1.29 is 4.79 Å². The number of aromatic nitrogens is 5. The first kappa shape index (κ1) is 22.1. The van der Waals surface area contributed by atoms with E-state index in [4.69, 9.17) is 23.2 Å². The van der Waals surface area contributed by atoms with Crippen LogP contribution in [-0.2, 0) is 11.3 Å². The van der Waals surface area contributed by atoms with E-state index in [1.54, 1.807) is 42.5 Å². The highest BCUT2D eigenvalue weighted by molar-refractivity contribution is 7.99. The highest BCUT2D eigenvalue weighted by Crippen LogP contribution is 2.25. The average Bonchev–Trinajstić information content (AvgIpc) is 3.29. The first-order valence-electron chi connectivity index (χ1n) is 9.34. The summed E-state index contributed by atoms with van der Waals surface area (Å²) in [6, 6.07) is 9.96. The lowest BCUT2D eigenvalue weighted by Crippen LogP contribution is -2.24. The fourth-order valence-corrected chi connectivity index (χ4v) is 4.18. The number of hydrogen-bond acceptors (Lipinski definition) is 6. The molecule has 0 aliphatic heterocycles. The molecular weight excluding hydrogens is 471 g/mol. The Hall–Kier alpha value is -3.14. The Kier molecular flexibility index (Phi) is 6.59. The lowest BCUT2D eigenvalue weighted by atomic mass is 10.2. The number of carbonyl (C=O) groups excluding carboxylic acids is 1. The van der Waals surface area contributed by atoms with Gasteiger partial charge in [-0.15, -0.1) is 6.58 Å². The van der Waals surface area contributed by atoms with E-state index in [0.717, 1.165) is 11.8 Å².